The second-order valence-corrected chi connectivity index (χ2v) is 14.6. The fourth-order valence-electron chi connectivity index (χ4n) is 6.51. The molecular formula is C33H36ClF2N5O3S. The number of hydrogen-bond acceptors (Lipinski definition) is 7. The standard InChI is InChI=1S/C33H36ClF2N5O3S/c1-31(2,3)18-40-15-13-33(14-16-40)19-41(28-25(42)12-10-21(34)27(28)33)24-8-6-5-7-22(24)37-29(43)39-30-38-23-11-9-20(17-26(23)45-30)44-32(4,35)36/h5-12,17,42H,13-16,18-19H2,1-4H3,(H2,37,38,39,43). The van der Waals surface area contributed by atoms with Gasteiger partial charge in [-0.25, -0.2) is 9.78 Å². The van der Waals surface area contributed by atoms with E-state index in [1.54, 1.807) is 24.3 Å². The van der Waals surface area contributed by atoms with Gasteiger partial charge in [-0.2, -0.15) is 8.78 Å². The maximum absolute atomic E-state index is 13.3. The van der Waals surface area contributed by atoms with Gasteiger partial charge in [-0.15, -0.1) is 0 Å². The molecule has 0 bridgehead atoms. The summed E-state index contributed by atoms with van der Waals surface area (Å²) < 4.78 is 31.9. The molecule has 1 spiro atoms. The van der Waals surface area contributed by atoms with Crippen molar-refractivity contribution >= 4 is 61.4 Å². The molecule has 0 aliphatic carbocycles. The molecule has 3 heterocycles. The van der Waals surface area contributed by atoms with Crippen molar-refractivity contribution in [3.63, 3.8) is 0 Å². The van der Waals surface area contributed by atoms with Gasteiger partial charge in [0.25, 0.3) is 0 Å². The van der Waals surface area contributed by atoms with Gasteiger partial charge < -0.3 is 25.0 Å². The van der Waals surface area contributed by atoms with Gasteiger partial charge in [-0.3, -0.25) is 5.32 Å². The minimum absolute atomic E-state index is 0.00970. The van der Waals surface area contributed by atoms with Crippen molar-refractivity contribution in [2.24, 2.45) is 5.41 Å². The first-order valence-electron chi connectivity index (χ1n) is 14.9. The van der Waals surface area contributed by atoms with Crippen molar-refractivity contribution in [1.82, 2.24) is 9.88 Å². The van der Waals surface area contributed by atoms with Crippen LogP contribution in [0.25, 0.3) is 10.2 Å². The number of para-hydroxylation sites is 2. The molecule has 3 aromatic carbocycles. The number of halogens is 3. The minimum atomic E-state index is -3.31. The molecule has 1 saturated heterocycles. The number of phenols is 1. The van der Waals surface area contributed by atoms with Crippen LogP contribution in [0.5, 0.6) is 11.5 Å². The predicted molar refractivity (Wildman–Crippen MR) is 177 cm³/mol. The minimum Gasteiger partial charge on any atom is -0.506 e. The average molecular weight is 656 g/mol. The molecular weight excluding hydrogens is 620 g/mol. The molecule has 0 radical (unpaired) electrons. The number of thiazole rings is 1. The van der Waals surface area contributed by atoms with E-state index in [4.69, 9.17) is 11.6 Å². The summed E-state index contributed by atoms with van der Waals surface area (Å²) in [5.74, 6) is 0.150. The Morgan fingerprint density at radius 1 is 1.09 bits per heavy atom. The Kier molecular flexibility index (Phi) is 8.07. The zero-order chi connectivity index (χ0) is 32.1. The summed E-state index contributed by atoms with van der Waals surface area (Å²) in [6.45, 7) is 10.9. The zero-order valence-corrected chi connectivity index (χ0v) is 27.2. The first-order chi connectivity index (χ1) is 21.2. The smallest absolute Gasteiger partial charge is 0.394 e. The topological polar surface area (TPSA) is 90.0 Å². The molecule has 3 N–H and O–H groups in total. The number of carbonyl (C=O) groups excluding carboxylic acids is 1. The summed E-state index contributed by atoms with van der Waals surface area (Å²) in [4.78, 5) is 22.2. The molecule has 238 valence electrons. The van der Waals surface area contributed by atoms with Crippen LogP contribution in [0.2, 0.25) is 5.02 Å². The Hall–Kier alpha value is -3.67. The summed E-state index contributed by atoms with van der Waals surface area (Å²) in [6, 6.07) is 14.8. The fourth-order valence-corrected chi connectivity index (χ4v) is 7.75. The van der Waals surface area contributed by atoms with Gasteiger partial charge in [-0.1, -0.05) is 55.8 Å². The molecule has 2 amide bonds. The van der Waals surface area contributed by atoms with E-state index in [-0.39, 0.29) is 22.3 Å². The molecule has 0 saturated carbocycles. The van der Waals surface area contributed by atoms with Crippen molar-refractivity contribution in [2.45, 2.75) is 52.1 Å². The van der Waals surface area contributed by atoms with Crippen LogP contribution in [0.15, 0.2) is 54.6 Å². The fraction of sp³-hybridized carbons (Fsp3) is 0.394. The SMILES string of the molecule is CC(C)(C)CN1CCC2(CC1)CN(c1ccccc1NC(=O)Nc1nc3ccc(OC(C)(F)F)cc3s1)c1c(O)ccc(Cl)c12. The van der Waals surface area contributed by atoms with Gasteiger partial charge in [0.05, 0.1) is 27.3 Å². The summed E-state index contributed by atoms with van der Waals surface area (Å²) in [6.07, 6.45) is -1.52. The number of anilines is 4. The molecule has 45 heavy (non-hydrogen) atoms. The number of urea groups is 1. The first kappa shape index (κ1) is 31.3. The summed E-state index contributed by atoms with van der Waals surface area (Å²) in [5.41, 5.74) is 3.39. The lowest BCUT2D eigenvalue weighted by molar-refractivity contribution is -0.158. The van der Waals surface area contributed by atoms with Crippen molar-refractivity contribution in [3.05, 3.63) is 65.2 Å². The molecule has 0 unspecified atom stereocenters. The highest BCUT2D eigenvalue weighted by molar-refractivity contribution is 7.22. The summed E-state index contributed by atoms with van der Waals surface area (Å²) >= 11 is 8.02. The molecule has 0 atom stereocenters. The number of nitrogens with zero attached hydrogens (tertiary/aromatic N) is 3. The number of hydrogen-bond donors (Lipinski definition) is 3. The molecule has 8 nitrogen and oxygen atoms in total. The number of fused-ring (bicyclic) bond motifs is 3. The van der Waals surface area contributed by atoms with E-state index in [0.29, 0.717) is 45.2 Å². The Morgan fingerprint density at radius 3 is 2.53 bits per heavy atom. The number of likely N-dealkylation sites (tertiary alicyclic amines) is 1. The molecule has 6 rings (SSSR count). The predicted octanol–water partition coefficient (Wildman–Crippen LogP) is 8.82. The quantitative estimate of drug-likeness (QED) is 0.192. The van der Waals surface area contributed by atoms with Crippen molar-refractivity contribution in [1.29, 1.82) is 0 Å². The van der Waals surface area contributed by atoms with Gasteiger partial charge in [0.15, 0.2) is 5.13 Å². The van der Waals surface area contributed by atoms with Crippen molar-refractivity contribution in [3.8, 4) is 11.5 Å². The summed E-state index contributed by atoms with van der Waals surface area (Å²) in [5, 5.41) is 17.8. The number of aromatic hydroxyl groups is 1. The van der Waals surface area contributed by atoms with Crippen LogP contribution in [-0.2, 0) is 5.41 Å². The van der Waals surface area contributed by atoms with Crippen LogP contribution < -0.4 is 20.3 Å². The third kappa shape index (κ3) is 6.66. The van der Waals surface area contributed by atoms with Crippen LogP contribution in [0.3, 0.4) is 0 Å². The van der Waals surface area contributed by atoms with E-state index in [9.17, 15) is 18.7 Å². The Morgan fingerprint density at radius 2 is 1.82 bits per heavy atom. The maximum Gasteiger partial charge on any atom is 0.394 e. The lowest BCUT2D eigenvalue weighted by atomic mass is 9.74. The highest BCUT2D eigenvalue weighted by atomic mass is 35.5. The van der Waals surface area contributed by atoms with Crippen LogP contribution in [0, 0.1) is 5.41 Å². The van der Waals surface area contributed by atoms with Gasteiger partial charge in [-0.05, 0) is 73.8 Å². The van der Waals surface area contributed by atoms with Crippen molar-refractivity contribution in [2.75, 3.05) is 41.7 Å². The largest absolute Gasteiger partial charge is 0.506 e. The van der Waals surface area contributed by atoms with E-state index >= 15 is 0 Å². The number of piperidine rings is 1. The van der Waals surface area contributed by atoms with E-state index in [1.807, 2.05) is 18.2 Å². The van der Waals surface area contributed by atoms with Gasteiger partial charge in [0.1, 0.15) is 11.5 Å². The second-order valence-electron chi connectivity index (χ2n) is 13.1. The second kappa shape index (κ2) is 11.6. The summed E-state index contributed by atoms with van der Waals surface area (Å²) in [7, 11) is 0. The molecule has 2 aliphatic rings. The normalized spacial score (nSPS) is 16.6. The number of ether oxygens (including phenoxy) is 1. The zero-order valence-electron chi connectivity index (χ0n) is 25.6. The van der Waals surface area contributed by atoms with E-state index in [2.05, 4.69) is 50.9 Å². The Labute approximate surface area is 270 Å². The molecule has 4 aromatic rings. The molecule has 1 aromatic heterocycles. The first-order valence-corrected chi connectivity index (χ1v) is 16.1. The number of benzene rings is 3. The lowest BCUT2D eigenvalue weighted by Crippen LogP contribution is -2.47. The van der Waals surface area contributed by atoms with Crippen LogP contribution in [0.1, 0.15) is 46.1 Å². The average Bonchev–Trinajstić information content (AvgIpc) is 3.49. The number of phenolic OH excluding ortho intramolecular Hbond substituents is 1. The highest BCUT2D eigenvalue weighted by Crippen LogP contribution is 2.56. The number of nitrogens with one attached hydrogen (secondary N) is 2. The van der Waals surface area contributed by atoms with E-state index in [0.717, 1.165) is 55.1 Å². The van der Waals surface area contributed by atoms with Gasteiger partial charge in [0.2, 0.25) is 0 Å². The van der Waals surface area contributed by atoms with Crippen LogP contribution >= 0.6 is 22.9 Å². The third-order valence-electron chi connectivity index (χ3n) is 8.20. The lowest BCUT2D eigenvalue weighted by Gasteiger charge is -2.42. The van der Waals surface area contributed by atoms with Gasteiger partial charge in [0, 0.05) is 36.0 Å². The van der Waals surface area contributed by atoms with Crippen molar-refractivity contribution < 1.29 is 23.4 Å². The molecule has 12 heteroatoms. The van der Waals surface area contributed by atoms with E-state index in [1.165, 1.54) is 12.1 Å². The maximum atomic E-state index is 13.3. The van der Waals surface area contributed by atoms with E-state index < -0.39 is 12.1 Å². The van der Waals surface area contributed by atoms with Crippen LogP contribution in [0.4, 0.5) is 35.8 Å². The third-order valence-corrected chi connectivity index (χ3v) is 9.45. The number of alkyl halides is 2. The van der Waals surface area contributed by atoms with Crippen LogP contribution in [-0.4, -0.2) is 53.3 Å². The number of amides is 2. The Bertz CT molecular complexity index is 1740. The Balaban J connectivity index is 1.24. The number of aromatic nitrogens is 1. The molecule has 1 fully saturated rings. The van der Waals surface area contributed by atoms with Gasteiger partial charge >= 0.3 is 12.1 Å². The number of carbonyl (C=O) groups is 1. The monoisotopic (exact) mass is 655 g/mol. The molecule has 2 aliphatic heterocycles. The highest BCUT2D eigenvalue weighted by Gasteiger charge is 2.48. The number of rotatable bonds is 6.